The maximum atomic E-state index is 11.7. The van der Waals surface area contributed by atoms with Gasteiger partial charge in [0.15, 0.2) is 5.78 Å². The van der Waals surface area contributed by atoms with Gasteiger partial charge >= 0.3 is 5.97 Å². The molecule has 0 aliphatic carbocycles. The van der Waals surface area contributed by atoms with Crippen LogP contribution >= 0.6 is 0 Å². The first-order valence-electron chi connectivity index (χ1n) is 7.62. The van der Waals surface area contributed by atoms with Crippen molar-refractivity contribution in [3.63, 3.8) is 0 Å². The molecule has 0 spiro atoms. The van der Waals surface area contributed by atoms with E-state index in [0.717, 1.165) is 37.1 Å². The predicted octanol–water partition coefficient (Wildman–Crippen LogP) is 3.20. The third-order valence-electron chi connectivity index (χ3n) is 4.10. The van der Waals surface area contributed by atoms with Crippen LogP contribution in [0.1, 0.15) is 49.4 Å². The van der Waals surface area contributed by atoms with Gasteiger partial charge in [-0.05, 0) is 43.5 Å². The molecule has 114 valence electrons. The first-order valence-corrected chi connectivity index (χ1v) is 7.62. The maximum Gasteiger partial charge on any atom is 0.307 e. The summed E-state index contributed by atoms with van der Waals surface area (Å²) in [7, 11) is 1.43. The van der Waals surface area contributed by atoms with E-state index in [1.807, 2.05) is 31.2 Å². The van der Waals surface area contributed by atoms with Crippen LogP contribution in [0.3, 0.4) is 0 Å². The van der Waals surface area contributed by atoms with Crippen molar-refractivity contribution >= 4 is 17.4 Å². The van der Waals surface area contributed by atoms with E-state index < -0.39 is 0 Å². The summed E-state index contributed by atoms with van der Waals surface area (Å²) >= 11 is 0. The number of methoxy groups -OCH3 is 1. The number of carbonyl (C=O) groups excluding carboxylic acids is 2. The quantitative estimate of drug-likeness (QED) is 0.617. The van der Waals surface area contributed by atoms with E-state index in [1.54, 1.807) is 0 Å². The van der Waals surface area contributed by atoms with Gasteiger partial charge in [0.1, 0.15) is 0 Å². The number of piperidine rings is 1. The summed E-state index contributed by atoms with van der Waals surface area (Å²) in [5.41, 5.74) is 1.83. The molecule has 1 unspecified atom stereocenters. The molecule has 0 bridgehead atoms. The molecule has 1 aliphatic heterocycles. The average molecular weight is 289 g/mol. The van der Waals surface area contributed by atoms with Gasteiger partial charge in [0.25, 0.3) is 0 Å². The first-order chi connectivity index (χ1) is 10.2. The number of ether oxygens (including phenoxy) is 1. The summed E-state index contributed by atoms with van der Waals surface area (Å²) in [6.07, 6.45) is 4.22. The highest BCUT2D eigenvalue weighted by atomic mass is 16.5. The summed E-state index contributed by atoms with van der Waals surface area (Å²) in [5.74, 6) is -0.00372. The second-order valence-electron chi connectivity index (χ2n) is 5.45. The van der Waals surface area contributed by atoms with E-state index in [0.29, 0.717) is 12.8 Å². The zero-order chi connectivity index (χ0) is 15.2. The van der Waals surface area contributed by atoms with E-state index in [2.05, 4.69) is 4.90 Å². The lowest BCUT2D eigenvalue weighted by Gasteiger charge is -2.37. The molecule has 0 amide bonds. The second kappa shape index (κ2) is 7.25. The highest BCUT2D eigenvalue weighted by molar-refractivity contribution is 5.96. The Morgan fingerprint density at radius 3 is 2.57 bits per heavy atom. The number of esters is 1. The minimum atomic E-state index is -0.162. The third kappa shape index (κ3) is 3.84. The molecule has 1 aromatic carbocycles. The Balaban J connectivity index is 2.13. The second-order valence-corrected chi connectivity index (χ2v) is 5.45. The Morgan fingerprint density at radius 1 is 1.24 bits per heavy atom. The molecular weight excluding hydrogens is 266 g/mol. The summed E-state index contributed by atoms with van der Waals surface area (Å²) in [4.78, 5) is 25.5. The number of rotatable bonds is 5. The fraction of sp³-hybridized carbons (Fsp3) is 0.529. The molecular formula is C17H23NO3. The molecule has 2 rings (SSSR count). The van der Waals surface area contributed by atoms with Crippen LogP contribution in [0.15, 0.2) is 24.3 Å². The number of ketones is 1. The fourth-order valence-electron chi connectivity index (χ4n) is 2.87. The van der Waals surface area contributed by atoms with E-state index >= 15 is 0 Å². The molecule has 1 aliphatic rings. The lowest BCUT2D eigenvalue weighted by Crippen LogP contribution is -2.41. The van der Waals surface area contributed by atoms with Gasteiger partial charge in [0, 0.05) is 30.3 Å². The van der Waals surface area contributed by atoms with Gasteiger partial charge in [0.05, 0.1) is 13.5 Å². The minimum absolute atomic E-state index is 0.159. The molecule has 1 saturated heterocycles. The van der Waals surface area contributed by atoms with Crippen molar-refractivity contribution in [2.75, 3.05) is 18.6 Å². The van der Waals surface area contributed by atoms with Gasteiger partial charge in [-0.1, -0.05) is 6.92 Å². The molecule has 4 heteroatoms. The van der Waals surface area contributed by atoms with Crippen molar-refractivity contribution in [1.29, 1.82) is 0 Å². The van der Waals surface area contributed by atoms with Gasteiger partial charge in [-0.3, -0.25) is 9.59 Å². The molecule has 1 heterocycles. The molecule has 4 nitrogen and oxygen atoms in total. The SMILES string of the molecule is CCC(=O)c1ccc(N2CCCCC2CC(=O)OC)cc1. The van der Waals surface area contributed by atoms with Crippen LogP contribution in [0.5, 0.6) is 0 Å². The average Bonchev–Trinajstić information content (AvgIpc) is 2.54. The van der Waals surface area contributed by atoms with E-state index in [9.17, 15) is 9.59 Å². The van der Waals surface area contributed by atoms with Crippen LogP contribution in [0, 0.1) is 0 Å². The number of benzene rings is 1. The van der Waals surface area contributed by atoms with E-state index in [4.69, 9.17) is 4.74 Å². The van der Waals surface area contributed by atoms with Crippen molar-refractivity contribution in [2.45, 2.75) is 45.1 Å². The Bertz CT molecular complexity index is 495. The van der Waals surface area contributed by atoms with Crippen LogP contribution in [0.25, 0.3) is 0 Å². The van der Waals surface area contributed by atoms with E-state index in [-0.39, 0.29) is 17.8 Å². The van der Waals surface area contributed by atoms with Crippen molar-refractivity contribution < 1.29 is 14.3 Å². The Kier molecular flexibility index (Phi) is 5.37. The standard InChI is InChI=1S/C17H23NO3/c1-3-16(19)13-7-9-14(10-8-13)18-11-5-4-6-15(18)12-17(20)21-2/h7-10,15H,3-6,11-12H2,1-2H3. The molecule has 0 radical (unpaired) electrons. The Labute approximate surface area is 126 Å². The van der Waals surface area contributed by atoms with Crippen molar-refractivity contribution in [2.24, 2.45) is 0 Å². The van der Waals surface area contributed by atoms with Crippen molar-refractivity contribution in [1.82, 2.24) is 0 Å². The monoisotopic (exact) mass is 289 g/mol. The molecule has 0 aromatic heterocycles. The summed E-state index contributed by atoms with van der Waals surface area (Å²) in [5, 5.41) is 0. The van der Waals surface area contributed by atoms with Crippen LogP contribution in [-0.4, -0.2) is 31.4 Å². The molecule has 21 heavy (non-hydrogen) atoms. The van der Waals surface area contributed by atoms with E-state index in [1.165, 1.54) is 7.11 Å². The van der Waals surface area contributed by atoms with Gasteiger partial charge in [-0.25, -0.2) is 0 Å². The highest BCUT2D eigenvalue weighted by Gasteiger charge is 2.25. The van der Waals surface area contributed by atoms with Crippen molar-refractivity contribution in [3.8, 4) is 0 Å². The third-order valence-corrected chi connectivity index (χ3v) is 4.10. The summed E-state index contributed by atoms with van der Waals surface area (Å²) in [6.45, 7) is 2.82. The highest BCUT2D eigenvalue weighted by Crippen LogP contribution is 2.27. The zero-order valence-corrected chi connectivity index (χ0v) is 12.8. The first kappa shape index (κ1) is 15.5. The van der Waals surface area contributed by atoms with Crippen LogP contribution in [-0.2, 0) is 9.53 Å². The largest absolute Gasteiger partial charge is 0.469 e. The van der Waals surface area contributed by atoms with Gasteiger partial charge in [0.2, 0.25) is 0 Å². The fourth-order valence-corrected chi connectivity index (χ4v) is 2.87. The lowest BCUT2D eigenvalue weighted by molar-refractivity contribution is -0.141. The maximum absolute atomic E-state index is 11.7. The predicted molar refractivity (Wildman–Crippen MR) is 82.7 cm³/mol. The number of hydrogen-bond acceptors (Lipinski definition) is 4. The zero-order valence-electron chi connectivity index (χ0n) is 12.8. The topological polar surface area (TPSA) is 46.6 Å². The number of hydrogen-bond donors (Lipinski definition) is 0. The van der Waals surface area contributed by atoms with Gasteiger partial charge in [-0.15, -0.1) is 0 Å². The molecule has 1 atom stereocenters. The van der Waals surface area contributed by atoms with Crippen LogP contribution in [0.4, 0.5) is 5.69 Å². The normalized spacial score (nSPS) is 18.4. The van der Waals surface area contributed by atoms with Crippen LogP contribution in [0.2, 0.25) is 0 Å². The molecule has 1 fully saturated rings. The Hall–Kier alpha value is -1.84. The minimum Gasteiger partial charge on any atom is -0.469 e. The van der Waals surface area contributed by atoms with Crippen LogP contribution < -0.4 is 4.90 Å². The summed E-state index contributed by atoms with van der Waals surface area (Å²) in [6, 6.07) is 7.92. The van der Waals surface area contributed by atoms with Crippen molar-refractivity contribution in [3.05, 3.63) is 29.8 Å². The number of anilines is 1. The number of Topliss-reactive ketones (excluding diaryl/α,β-unsaturated/α-hetero) is 1. The molecule has 1 aromatic rings. The lowest BCUT2D eigenvalue weighted by atomic mass is 9.98. The molecule has 0 N–H and O–H groups in total. The van der Waals surface area contributed by atoms with Gasteiger partial charge in [-0.2, -0.15) is 0 Å². The van der Waals surface area contributed by atoms with Gasteiger partial charge < -0.3 is 9.64 Å². The number of nitrogens with zero attached hydrogens (tertiary/aromatic N) is 1. The smallest absolute Gasteiger partial charge is 0.307 e. The Morgan fingerprint density at radius 2 is 1.95 bits per heavy atom. The number of carbonyl (C=O) groups is 2. The summed E-state index contributed by atoms with van der Waals surface area (Å²) < 4.78 is 4.79. The molecule has 0 saturated carbocycles.